The quantitative estimate of drug-likeness (QED) is 0.534. The van der Waals surface area contributed by atoms with Crippen LogP contribution in [0.3, 0.4) is 0 Å². The highest BCUT2D eigenvalue weighted by molar-refractivity contribution is 5.93. The van der Waals surface area contributed by atoms with Crippen molar-refractivity contribution < 1.29 is 9.47 Å². The van der Waals surface area contributed by atoms with Crippen LogP contribution in [-0.4, -0.2) is 52.0 Å². The molecule has 0 bridgehead atoms. The van der Waals surface area contributed by atoms with Gasteiger partial charge in [0.1, 0.15) is 5.75 Å². The Morgan fingerprint density at radius 1 is 1.00 bits per heavy atom. The first-order chi connectivity index (χ1) is 14.1. The maximum absolute atomic E-state index is 5.94. The highest BCUT2D eigenvalue weighted by Gasteiger charge is 2.27. The van der Waals surface area contributed by atoms with Crippen molar-refractivity contribution in [1.82, 2.24) is 19.6 Å². The Hall–Kier alpha value is -3.19. The van der Waals surface area contributed by atoms with Crippen LogP contribution in [0.4, 0.5) is 5.95 Å². The Bertz CT molecular complexity index is 1180. The Kier molecular flexibility index (Phi) is 4.32. The molecule has 1 fully saturated rings. The van der Waals surface area contributed by atoms with Gasteiger partial charge in [0.2, 0.25) is 5.95 Å². The van der Waals surface area contributed by atoms with E-state index in [0.29, 0.717) is 0 Å². The van der Waals surface area contributed by atoms with Crippen LogP contribution >= 0.6 is 0 Å². The molecular formula is C22H23N5O2. The fraction of sp³-hybridized carbons (Fsp3) is 0.318. The summed E-state index contributed by atoms with van der Waals surface area (Å²) in [5.41, 5.74) is 2.64. The number of aromatic nitrogens is 4. The zero-order valence-electron chi connectivity index (χ0n) is 16.7. The van der Waals surface area contributed by atoms with Crippen molar-refractivity contribution in [1.29, 1.82) is 0 Å². The molecule has 3 heterocycles. The van der Waals surface area contributed by atoms with Crippen molar-refractivity contribution in [3.8, 4) is 17.1 Å². The topological polar surface area (TPSA) is 64.8 Å². The van der Waals surface area contributed by atoms with Gasteiger partial charge in [-0.25, -0.2) is 9.38 Å². The minimum absolute atomic E-state index is 0.124. The van der Waals surface area contributed by atoms with E-state index in [2.05, 4.69) is 33.3 Å². The first-order valence-electron chi connectivity index (χ1n) is 9.83. The summed E-state index contributed by atoms with van der Waals surface area (Å²) in [6.45, 7) is 5.72. The molecule has 0 amide bonds. The summed E-state index contributed by atoms with van der Waals surface area (Å²) in [7, 11) is 1.66. The largest absolute Gasteiger partial charge is 0.497 e. The lowest BCUT2D eigenvalue weighted by molar-refractivity contribution is -0.00576. The molecule has 5 rings (SSSR count). The van der Waals surface area contributed by atoms with Crippen LogP contribution in [-0.2, 0) is 4.74 Å². The molecular weight excluding hydrogens is 366 g/mol. The zero-order chi connectivity index (χ0) is 20.0. The second-order valence-electron chi connectivity index (χ2n) is 7.51. The van der Waals surface area contributed by atoms with Crippen molar-refractivity contribution in [2.24, 2.45) is 0 Å². The maximum Gasteiger partial charge on any atom is 0.213 e. The predicted octanol–water partition coefficient (Wildman–Crippen LogP) is 3.57. The van der Waals surface area contributed by atoms with Gasteiger partial charge in [0.05, 0.1) is 24.8 Å². The summed E-state index contributed by atoms with van der Waals surface area (Å²) in [5.74, 6) is 2.37. The molecule has 1 aliphatic heterocycles. The first-order valence-corrected chi connectivity index (χ1v) is 9.83. The number of morpholine rings is 1. The third-order valence-electron chi connectivity index (χ3n) is 5.26. The molecule has 0 radical (unpaired) electrons. The van der Waals surface area contributed by atoms with E-state index in [4.69, 9.17) is 14.5 Å². The molecule has 29 heavy (non-hydrogen) atoms. The fourth-order valence-electron chi connectivity index (χ4n) is 4.07. The molecule has 4 aromatic rings. The molecule has 0 aliphatic carbocycles. The molecule has 1 aliphatic rings. The Labute approximate surface area is 168 Å². The van der Waals surface area contributed by atoms with Gasteiger partial charge in [0.25, 0.3) is 0 Å². The standard InChI is InChI=1S/C22H23N5O2/c1-14-12-26(13-15(2)29-14)22-23-19-10-5-4-9-18(19)21-25-24-20(27(21)22)16-7-6-8-17(11-16)28-3/h4-11,14-15H,12-13H2,1-3H3. The normalized spacial score (nSPS) is 19.8. The number of anilines is 1. The lowest BCUT2D eigenvalue weighted by atomic mass is 10.2. The molecule has 7 heteroatoms. The lowest BCUT2D eigenvalue weighted by Crippen LogP contribution is -2.46. The Morgan fingerprint density at radius 3 is 2.59 bits per heavy atom. The molecule has 2 aromatic carbocycles. The Morgan fingerprint density at radius 2 is 1.79 bits per heavy atom. The predicted molar refractivity (Wildman–Crippen MR) is 112 cm³/mol. The van der Waals surface area contributed by atoms with Gasteiger partial charge in [-0.05, 0) is 38.1 Å². The first kappa shape index (κ1) is 17.9. The summed E-state index contributed by atoms with van der Waals surface area (Å²) in [5, 5.41) is 10.1. The van der Waals surface area contributed by atoms with Crippen molar-refractivity contribution in [3.63, 3.8) is 0 Å². The van der Waals surface area contributed by atoms with Crippen molar-refractivity contribution in [3.05, 3.63) is 48.5 Å². The van der Waals surface area contributed by atoms with Gasteiger partial charge < -0.3 is 14.4 Å². The van der Waals surface area contributed by atoms with Gasteiger partial charge in [-0.1, -0.05) is 24.3 Å². The highest BCUT2D eigenvalue weighted by atomic mass is 16.5. The van der Waals surface area contributed by atoms with Gasteiger partial charge in [-0.3, -0.25) is 0 Å². The number of rotatable bonds is 3. The number of nitrogens with zero attached hydrogens (tertiary/aromatic N) is 5. The van der Waals surface area contributed by atoms with E-state index in [0.717, 1.165) is 52.7 Å². The van der Waals surface area contributed by atoms with Crippen LogP contribution < -0.4 is 9.64 Å². The summed E-state index contributed by atoms with van der Waals surface area (Å²) < 4.78 is 13.4. The lowest BCUT2D eigenvalue weighted by Gasteiger charge is -2.36. The van der Waals surface area contributed by atoms with Gasteiger partial charge in [0.15, 0.2) is 11.5 Å². The maximum atomic E-state index is 5.94. The fourth-order valence-corrected chi connectivity index (χ4v) is 4.07. The van der Waals surface area contributed by atoms with Crippen LogP contribution in [0.1, 0.15) is 13.8 Å². The number of ether oxygens (including phenoxy) is 2. The highest BCUT2D eigenvalue weighted by Crippen LogP contribution is 2.30. The molecule has 1 saturated heterocycles. The SMILES string of the molecule is COc1cccc(-c2nnc3c4ccccc4nc(N4CC(C)OC(C)C4)n23)c1. The number of methoxy groups -OCH3 is 1. The third kappa shape index (κ3) is 3.07. The minimum Gasteiger partial charge on any atom is -0.497 e. The van der Waals surface area contributed by atoms with E-state index in [-0.39, 0.29) is 12.2 Å². The monoisotopic (exact) mass is 389 g/mol. The van der Waals surface area contributed by atoms with Crippen LogP contribution in [0.25, 0.3) is 27.9 Å². The van der Waals surface area contributed by atoms with Gasteiger partial charge in [0, 0.05) is 24.0 Å². The summed E-state index contributed by atoms with van der Waals surface area (Å²) in [6.07, 6.45) is 0.248. The number of fused-ring (bicyclic) bond motifs is 3. The van der Waals surface area contributed by atoms with Gasteiger partial charge in [-0.15, -0.1) is 10.2 Å². The van der Waals surface area contributed by atoms with Crippen LogP contribution in [0.2, 0.25) is 0 Å². The average Bonchev–Trinajstić information content (AvgIpc) is 3.18. The molecule has 2 aromatic heterocycles. The molecule has 0 saturated carbocycles. The molecule has 2 atom stereocenters. The zero-order valence-corrected chi connectivity index (χ0v) is 16.7. The molecule has 148 valence electrons. The van der Waals surface area contributed by atoms with E-state index < -0.39 is 0 Å². The summed E-state index contributed by atoms with van der Waals surface area (Å²) in [6, 6.07) is 15.9. The van der Waals surface area contributed by atoms with E-state index >= 15 is 0 Å². The van der Waals surface area contributed by atoms with E-state index in [1.54, 1.807) is 7.11 Å². The van der Waals surface area contributed by atoms with E-state index in [9.17, 15) is 0 Å². The van der Waals surface area contributed by atoms with Crippen molar-refractivity contribution in [2.75, 3.05) is 25.1 Å². The Balaban J connectivity index is 1.78. The van der Waals surface area contributed by atoms with Crippen molar-refractivity contribution >= 4 is 22.5 Å². The number of para-hydroxylation sites is 1. The molecule has 0 N–H and O–H groups in total. The molecule has 2 unspecified atom stereocenters. The van der Waals surface area contributed by atoms with Crippen LogP contribution in [0, 0.1) is 0 Å². The van der Waals surface area contributed by atoms with Crippen LogP contribution in [0.5, 0.6) is 5.75 Å². The van der Waals surface area contributed by atoms with Crippen LogP contribution in [0.15, 0.2) is 48.5 Å². The second kappa shape index (κ2) is 7.00. The number of hydrogen-bond acceptors (Lipinski definition) is 6. The van der Waals surface area contributed by atoms with Gasteiger partial charge >= 0.3 is 0 Å². The summed E-state index contributed by atoms with van der Waals surface area (Å²) >= 11 is 0. The summed E-state index contributed by atoms with van der Waals surface area (Å²) in [4.78, 5) is 7.29. The average molecular weight is 389 g/mol. The molecule has 0 spiro atoms. The van der Waals surface area contributed by atoms with Crippen molar-refractivity contribution in [2.45, 2.75) is 26.1 Å². The van der Waals surface area contributed by atoms with Gasteiger partial charge in [-0.2, -0.15) is 0 Å². The number of benzene rings is 2. The third-order valence-corrected chi connectivity index (χ3v) is 5.26. The second-order valence-corrected chi connectivity index (χ2v) is 7.51. The minimum atomic E-state index is 0.124. The van der Waals surface area contributed by atoms with E-state index in [1.165, 1.54) is 0 Å². The van der Waals surface area contributed by atoms with E-state index in [1.807, 2.05) is 48.5 Å². The molecule has 7 nitrogen and oxygen atoms in total. The smallest absolute Gasteiger partial charge is 0.213 e. The number of hydrogen-bond donors (Lipinski definition) is 0.